The lowest BCUT2D eigenvalue weighted by Gasteiger charge is -2.31. The van der Waals surface area contributed by atoms with Gasteiger partial charge in [0.25, 0.3) is 5.91 Å². The Hall–Kier alpha value is -2.24. The summed E-state index contributed by atoms with van der Waals surface area (Å²) in [6, 6.07) is 14.3. The fraction of sp³-hybridized carbons (Fsp3) is 0.200. The molecule has 1 aliphatic rings. The van der Waals surface area contributed by atoms with Gasteiger partial charge in [0.2, 0.25) is 0 Å². The van der Waals surface area contributed by atoms with Crippen LogP contribution in [0.25, 0.3) is 0 Å². The summed E-state index contributed by atoms with van der Waals surface area (Å²) in [4.78, 5) is 20.4. The van der Waals surface area contributed by atoms with Crippen LogP contribution < -0.4 is 4.74 Å². The number of carbonyl (C=O) groups is 1. The highest BCUT2D eigenvalue weighted by atomic mass is 35.5. The molecular formula is C20H19ClN2O2S. The molecule has 0 radical (unpaired) electrons. The van der Waals surface area contributed by atoms with Gasteiger partial charge in [0, 0.05) is 21.6 Å². The lowest BCUT2D eigenvalue weighted by Crippen LogP contribution is -2.45. The molecule has 3 rings (SSSR count). The maximum atomic E-state index is 13.2. The van der Waals surface area contributed by atoms with Crippen molar-refractivity contribution in [1.82, 2.24) is 4.90 Å². The molecule has 4 nitrogen and oxygen atoms in total. The molecule has 1 fully saturated rings. The topological polar surface area (TPSA) is 41.9 Å². The number of hydrogen-bond acceptors (Lipinski definition) is 4. The normalized spacial score (nSPS) is 17.6. The molecule has 1 heterocycles. The van der Waals surface area contributed by atoms with Crippen LogP contribution in [-0.4, -0.2) is 28.6 Å². The average molecular weight is 387 g/mol. The van der Waals surface area contributed by atoms with Crippen LogP contribution >= 0.6 is 23.4 Å². The van der Waals surface area contributed by atoms with Crippen molar-refractivity contribution in [1.29, 1.82) is 0 Å². The highest BCUT2D eigenvalue weighted by Crippen LogP contribution is 2.43. The summed E-state index contributed by atoms with van der Waals surface area (Å²) in [6.07, 6.45) is 0. The second-order valence-corrected chi connectivity index (χ2v) is 7.83. The molecule has 1 saturated heterocycles. The number of ether oxygens (including phenoxy) is 1. The Morgan fingerprint density at radius 1 is 1.23 bits per heavy atom. The van der Waals surface area contributed by atoms with Crippen LogP contribution in [0.1, 0.15) is 24.2 Å². The van der Waals surface area contributed by atoms with Gasteiger partial charge in [0.1, 0.15) is 5.75 Å². The molecule has 0 bridgehead atoms. The van der Waals surface area contributed by atoms with Crippen molar-refractivity contribution in [3.05, 3.63) is 70.6 Å². The Morgan fingerprint density at radius 3 is 2.58 bits per heavy atom. The largest absolute Gasteiger partial charge is 0.497 e. The number of methoxy groups -OCH3 is 1. The smallest absolute Gasteiger partial charge is 0.260 e. The molecular weight excluding hydrogens is 368 g/mol. The summed E-state index contributed by atoms with van der Waals surface area (Å²) >= 11 is 7.35. The van der Waals surface area contributed by atoms with E-state index in [2.05, 4.69) is 11.6 Å². The number of halogens is 1. The molecule has 0 spiro atoms. The average Bonchev–Trinajstić information content (AvgIpc) is 2.83. The van der Waals surface area contributed by atoms with Gasteiger partial charge in [-0.2, -0.15) is 0 Å². The standard InChI is InChI=1S/C20H19ClN2O2S/c1-13-20(2,3)23(18(24)14-8-10-15(21)11-9-14)19(26-13)22-16-6-5-7-17(12-16)25-4/h5-12H,1H2,2-4H3. The molecule has 2 aromatic rings. The van der Waals surface area contributed by atoms with Gasteiger partial charge in [-0.1, -0.05) is 36.0 Å². The van der Waals surface area contributed by atoms with Crippen LogP contribution in [0.2, 0.25) is 5.02 Å². The van der Waals surface area contributed by atoms with Crippen molar-refractivity contribution >= 4 is 40.1 Å². The van der Waals surface area contributed by atoms with Crippen LogP contribution in [0.4, 0.5) is 5.69 Å². The number of benzene rings is 2. The van der Waals surface area contributed by atoms with Gasteiger partial charge in [-0.25, -0.2) is 4.99 Å². The van der Waals surface area contributed by atoms with Crippen molar-refractivity contribution in [2.24, 2.45) is 4.99 Å². The molecule has 0 unspecified atom stereocenters. The third-order valence-electron chi connectivity index (χ3n) is 4.22. The van der Waals surface area contributed by atoms with Gasteiger partial charge >= 0.3 is 0 Å². The van der Waals surface area contributed by atoms with Crippen molar-refractivity contribution in [3.8, 4) is 5.75 Å². The van der Waals surface area contributed by atoms with Gasteiger partial charge < -0.3 is 4.74 Å². The van der Waals surface area contributed by atoms with Crippen LogP contribution in [0, 0.1) is 0 Å². The zero-order chi connectivity index (χ0) is 18.9. The highest BCUT2D eigenvalue weighted by molar-refractivity contribution is 8.17. The SMILES string of the molecule is C=C1SC(=Nc2cccc(OC)c2)N(C(=O)c2ccc(Cl)cc2)C1(C)C. The molecule has 26 heavy (non-hydrogen) atoms. The number of hydrogen-bond donors (Lipinski definition) is 0. The summed E-state index contributed by atoms with van der Waals surface area (Å²) in [5.74, 6) is 0.572. The van der Waals surface area contributed by atoms with E-state index in [9.17, 15) is 4.79 Å². The minimum Gasteiger partial charge on any atom is -0.497 e. The summed E-state index contributed by atoms with van der Waals surface area (Å²) in [5, 5.41) is 1.18. The molecule has 0 aliphatic carbocycles. The van der Waals surface area contributed by atoms with E-state index < -0.39 is 5.54 Å². The number of amidine groups is 1. The Balaban J connectivity index is 2.03. The van der Waals surface area contributed by atoms with E-state index in [0.717, 1.165) is 4.91 Å². The zero-order valence-electron chi connectivity index (χ0n) is 14.8. The summed E-state index contributed by atoms with van der Waals surface area (Å²) < 4.78 is 5.25. The maximum absolute atomic E-state index is 13.2. The molecule has 134 valence electrons. The number of carbonyl (C=O) groups excluding carboxylic acids is 1. The molecule has 6 heteroatoms. The Kier molecular flexibility index (Phi) is 5.12. The number of nitrogens with zero attached hydrogens (tertiary/aromatic N) is 2. The summed E-state index contributed by atoms with van der Waals surface area (Å²) in [6.45, 7) is 8.04. The van der Waals surface area contributed by atoms with Crippen molar-refractivity contribution in [3.63, 3.8) is 0 Å². The molecule has 1 amide bonds. The van der Waals surface area contributed by atoms with Crippen LogP contribution in [0.3, 0.4) is 0 Å². The highest BCUT2D eigenvalue weighted by Gasteiger charge is 2.44. The predicted molar refractivity (Wildman–Crippen MR) is 109 cm³/mol. The van der Waals surface area contributed by atoms with Gasteiger partial charge in [0.15, 0.2) is 5.17 Å². The number of amides is 1. The monoisotopic (exact) mass is 386 g/mol. The van der Waals surface area contributed by atoms with E-state index in [-0.39, 0.29) is 5.91 Å². The first-order valence-electron chi connectivity index (χ1n) is 8.03. The second kappa shape index (κ2) is 7.17. The van der Waals surface area contributed by atoms with Gasteiger partial charge in [-0.15, -0.1) is 0 Å². The minimum absolute atomic E-state index is 0.139. The Morgan fingerprint density at radius 2 is 1.92 bits per heavy atom. The third-order valence-corrected chi connectivity index (χ3v) is 5.67. The van der Waals surface area contributed by atoms with E-state index >= 15 is 0 Å². The first-order chi connectivity index (χ1) is 12.3. The fourth-order valence-electron chi connectivity index (χ4n) is 2.57. The first-order valence-corrected chi connectivity index (χ1v) is 9.22. The fourth-order valence-corrected chi connectivity index (χ4v) is 3.81. The van der Waals surface area contributed by atoms with E-state index in [4.69, 9.17) is 16.3 Å². The van der Waals surface area contributed by atoms with E-state index in [0.29, 0.717) is 27.2 Å². The molecule has 1 aliphatic heterocycles. The Bertz CT molecular complexity index is 891. The van der Waals surface area contributed by atoms with Gasteiger partial charge in [-0.05, 0) is 50.2 Å². The van der Waals surface area contributed by atoms with E-state index in [1.807, 2.05) is 38.1 Å². The number of rotatable bonds is 3. The predicted octanol–water partition coefficient (Wildman–Crippen LogP) is 5.52. The van der Waals surface area contributed by atoms with Crippen LogP contribution in [0.5, 0.6) is 5.75 Å². The van der Waals surface area contributed by atoms with Crippen molar-refractivity contribution < 1.29 is 9.53 Å². The zero-order valence-corrected chi connectivity index (χ0v) is 16.4. The second-order valence-electron chi connectivity index (χ2n) is 6.33. The molecule has 2 aromatic carbocycles. The summed E-state index contributed by atoms with van der Waals surface area (Å²) in [5.41, 5.74) is 0.710. The van der Waals surface area contributed by atoms with Crippen LogP contribution in [0.15, 0.2) is 65.0 Å². The van der Waals surface area contributed by atoms with Crippen molar-refractivity contribution in [2.45, 2.75) is 19.4 Å². The molecule has 0 saturated carbocycles. The third kappa shape index (κ3) is 3.50. The quantitative estimate of drug-likeness (QED) is 0.697. The van der Waals surface area contributed by atoms with E-state index in [1.165, 1.54) is 11.8 Å². The maximum Gasteiger partial charge on any atom is 0.260 e. The lowest BCUT2D eigenvalue weighted by molar-refractivity contribution is 0.0781. The van der Waals surface area contributed by atoms with Gasteiger partial charge in [0.05, 0.1) is 18.3 Å². The van der Waals surface area contributed by atoms with Gasteiger partial charge in [-0.3, -0.25) is 9.69 Å². The molecule has 0 atom stereocenters. The number of aliphatic imine (C=N–C) groups is 1. The van der Waals surface area contributed by atoms with Crippen molar-refractivity contribution in [2.75, 3.05) is 7.11 Å². The Labute approximate surface area is 162 Å². The van der Waals surface area contributed by atoms with Crippen LogP contribution in [-0.2, 0) is 0 Å². The minimum atomic E-state index is -0.556. The van der Waals surface area contributed by atoms with E-state index in [1.54, 1.807) is 36.3 Å². The summed E-state index contributed by atoms with van der Waals surface area (Å²) in [7, 11) is 1.61. The number of thioether (sulfide) groups is 1. The first kappa shape index (κ1) is 18.5. The lowest BCUT2D eigenvalue weighted by atomic mass is 10.0. The molecule has 0 aromatic heterocycles. The molecule has 0 N–H and O–H groups in total.